The Labute approximate surface area is 109 Å². The van der Waals surface area contributed by atoms with E-state index in [1.165, 1.54) is 12.0 Å². The maximum absolute atomic E-state index is 5.91. The van der Waals surface area contributed by atoms with E-state index in [2.05, 4.69) is 36.5 Å². The number of aryl methyl sites for hydroxylation is 1. The van der Waals surface area contributed by atoms with E-state index in [1.54, 1.807) is 0 Å². The molecule has 0 spiro atoms. The highest BCUT2D eigenvalue weighted by atomic mass is 14.9. The summed E-state index contributed by atoms with van der Waals surface area (Å²) in [6.45, 7) is 2.96. The highest BCUT2D eigenvalue weighted by Gasteiger charge is 1.98. The first-order valence-electron chi connectivity index (χ1n) is 6.46. The zero-order chi connectivity index (χ0) is 12.8. The average Bonchev–Trinajstić information content (AvgIpc) is 2.40. The highest BCUT2D eigenvalue weighted by Crippen LogP contribution is 2.15. The minimum Gasteiger partial charge on any atom is -0.398 e. The lowest BCUT2D eigenvalue weighted by Gasteiger charge is -2.09. The molecular formula is C16H20N2. The van der Waals surface area contributed by atoms with E-state index in [1.807, 2.05) is 24.3 Å². The van der Waals surface area contributed by atoms with Gasteiger partial charge in [0.15, 0.2) is 0 Å². The largest absolute Gasteiger partial charge is 0.398 e. The van der Waals surface area contributed by atoms with Crippen molar-refractivity contribution in [2.24, 2.45) is 0 Å². The number of benzene rings is 2. The maximum atomic E-state index is 5.91. The van der Waals surface area contributed by atoms with Gasteiger partial charge in [-0.3, -0.25) is 0 Å². The van der Waals surface area contributed by atoms with Gasteiger partial charge >= 0.3 is 0 Å². The topological polar surface area (TPSA) is 38.0 Å². The Hall–Kier alpha value is -1.96. The van der Waals surface area contributed by atoms with Crippen molar-refractivity contribution in [2.75, 3.05) is 11.1 Å². The van der Waals surface area contributed by atoms with Crippen LogP contribution in [0.3, 0.4) is 0 Å². The van der Waals surface area contributed by atoms with Crippen LogP contribution in [0, 0.1) is 0 Å². The second kappa shape index (κ2) is 6.10. The molecule has 0 heterocycles. The smallest absolute Gasteiger partial charge is 0.0421 e. The first kappa shape index (κ1) is 12.5. The minimum absolute atomic E-state index is 0.764. The lowest BCUT2D eigenvalue weighted by molar-refractivity contribution is 0.922. The molecule has 0 unspecified atom stereocenters. The van der Waals surface area contributed by atoms with Crippen LogP contribution in [0.25, 0.3) is 0 Å². The van der Waals surface area contributed by atoms with Gasteiger partial charge in [-0.1, -0.05) is 43.7 Å². The number of hydrogen-bond acceptors (Lipinski definition) is 2. The van der Waals surface area contributed by atoms with Gasteiger partial charge in [-0.15, -0.1) is 0 Å². The number of nitrogens with one attached hydrogen (secondary N) is 1. The summed E-state index contributed by atoms with van der Waals surface area (Å²) in [6, 6.07) is 16.6. The standard InChI is InChI=1S/C16H20N2/c1-2-5-13-8-10-15(11-9-13)18-12-14-6-3-4-7-16(14)17/h3-4,6-11,18H,2,5,12,17H2,1H3. The van der Waals surface area contributed by atoms with Gasteiger partial charge in [-0.05, 0) is 35.7 Å². The quantitative estimate of drug-likeness (QED) is 0.779. The minimum atomic E-state index is 0.764. The van der Waals surface area contributed by atoms with Crippen molar-refractivity contribution < 1.29 is 0 Å². The van der Waals surface area contributed by atoms with Crippen molar-refractivity contribution in [1.29, 1.82) is 0 Å². The second-order valence-corrected chi connectivity index (χ2v) is 4.50. The highest BCUT2D eigenvalue weighted by molar-refractivity contribution is 5.50. The molecule has 2 rings (SSSR count). The molecule has 0 aromatic heterocycles. The molecule has 0 amide bonds. The molecule has 0 saturated heterocycles. The number of nitrogen functional groups attached to an aromatic ring is 1. The molecule has 2 aromatic rings. The average molecular weight is 240 g/mol. The van der Waals surface area contributed by atoms with Gasteiger partial charge in [0.2, 0.25) is 0 Å². The van der Waals surface area contributed by atoms with Crippen molar-refractivity contribution in [3.05, 3.63) is 59.7 Å². The van der Waals surface area contributed by atoms with Crippen molar-refractivity contribution in [2.45, 2.75) is 26.3 Å². The molecule has 0 aliphatic carbocycles. The van der Waals surface area contributed by atoms with Crippen LogP contribution in [0.4, 0.5) is 11.4 Å². The summed E-state index contributed by atoms with van der Waals surface area (Å²) in [5.74, 6) is 0. The summed E-state index contributed by atoms with van der Waals surface area (Å²) < 4.78 is 0. The first-order chi connectivity index (χ1) is 8.79. The number of hydrogen-bond donors (Lipinski definition) is 2. The van der Waals surface area contributed by atoms with Crippen LogP contribution in [-0.2, 0) is 13.0 Å². The predicted molar refractivity (Wildman–Crippen MR) is 78.6 cm³/mol. The van der Waals surface area contributed by atoms with E-state index in [0.29, 0.717) is 0 Å². The zero-order valence-electron chi connectivity index (χ0n) is 10.8. The third-order valence-electron chi connectivity index (χ3n) is 3.03. The summed E-state index contributed by atoms with van der Waals surface area (Å²) in [5, 5.41) is 3.39. The van der Waals surface area contributed by atoms with Gasteiger partial charge in [0, 0.05) is 17.9 Å². The summed E-state index contributed by atoms with van der Waals surface area (Å²) in [6.07, 6.45) is 2.33. The molecule has 2 heteroatoms. The Bertz CT molecular complexity index is 489. The monoisotopic (exact) mass is 240 g/mol. The van der Waals surface area contributed by atoms with E-state index in [0.717, 1.165) is 29.9 Å². The summed E-state index contributed by atoms with van der Waals surface area (Å²) in [4.78, 5) is 0. The third-order valence-corrected chi connectivity index (χ3v) is 3.03. The van der Waals surface area contributed by atoms with Gasteiger partial charge in [0.05, 0.1) is 0 Å². The Morgan fingerprint density at radius 2 is 1.72 bits per heavy atom. The molecule has 3 N–H and O–H groups in total. The normalized spacial score (nSPS) is 10.3. The van der Waals surface area contributed by atoms with Gasteiger partial charge in [-0.2, -0.15) is 0 Å². The zero-order valence-corrected chi connectivity index (χ0v) is 10.8. The third kappa shape index (κ3) is 3.27. The second-order valence-electron chi connectivity index (χ2n) is 4.50. The molecule has 0 radical (unpaired) electrons. The predicted octanol–water partition coefficient (Wildman–Crippen LogP) is 3.83. The molecule has 0 aliphatic rings. The number of para-hydroxylation sites is 1. The van der Waals surface area contributed by atoms with Crippen LogP contribution in [0.2, 0.25) is 0 Å². The molecule has 94 valence electrons. The van der Waals surface area contributed by atoms with Crippen molar-refractivity contribution in [1.82, 2.24) is 0 Å². The molecular weight excluding hydrogens is 220 g/mol. The number of rotatable bonds is 5. The van der Waals surface area contributed by atoms with E-state index in [-0.39, 0.29) is 0 Å². The lowest BCUT2D eigenvalue weighted by Crippen LogP contribution is -2.02. The van der Waals surface area contributed by atoms with Crippen LogP contribution < -0.4 is 11.1 Å². The van der Waals surface area contributed by atoms with E-state index in [4.69, 9.17) is 5.73 Å². The maximum Gasteiger partial charge on any atom is 0.0421 e. The fourth-order valence-electron chi connectivity index (χ4n) is 1.97. The molecule has 0 atom stereocenters. The van der Waals surface area contributed by atoms with Crippen LogP contribution >= 0.6 is 0 Å². The molecule has 2 aromatic carbocycles. The number of nitrogens with two attached hydrogens (primary N) is 1. The Balaban J connectivity index is 1.96. The van der Waals surface area contributed by atoms with Crippen molar-refractivity contribution in [3.63, 3.8) is 0 Å². The van der Waals surface area contributed by atoms with E-state index >= 15 is 0 Å². The number of anilines is 2. The Kier molecular flexibility index (Phi) is 4.24. The van der Waals surface area contributed by atoms with Gasteiger partial charge in [-0.25, -0.2) is 0 Å². The summed E-state index contributed by atoms with van der Waals surface area (Å²) >= 11 is 0. The molecule has 2 nitrogen and oxygen atoms in total. The molecule has 0 bridgehead atoms. The summed E-state index contributed by atoms with van der Waals surface area (Å²) in [7, 11) is 0. The fraction of sp³-hybridized carbons (Fsp3) is 0.250. The van der Waals surface area contributed by atoms with Crippen LogP contribution in [0.15, 0.2) is 48.5 Å². The molecule has 0 aliphatic heterocycles. The fourth-order valence-corrected chi connectivity index (χ4v) is 1.97. The van der Waals surface area contributed by atoms with Crippen LogP contribution in [0.5, 0.6) is 0 Å². The first-order valence-corrected chi connectivity index (χ1v) is 6.46. The Morgan fingerprint density at radius 1 is 1.00 bits per heavy atom. The lowest BCUT2D eigenvalue weighted by atomic mass is 10.1. The molecule has 0 fully saturated rings. The van der Waals surface area contributed by atoms with Crippen LogP contribution in [0.1, 0.15) is 24.5 Å². The Morgan fingerprint density at radius 3 is 2.39 bits per heavy atom. The molecule has 0 saturated carbocycles. The van der Waals surface area contributed by atoms with Crippen molar-refractivity contribution >= 4 is 11.4 Å². The van der Waals surface area contributed by atoms with E-state index < -0.39 is 0 Å². The molecule has 18 heavy (non-hydrogen) atoms. The summed E-state index contributed by atoms with van der Waals surface area (Å²) in [5.41, 5.74) is 10.4. The van der Waals surface area contributed by atoms with Gasteiger partial charge in [0.25, 0.3) is 0 Å². The SMILES string of the molecule is CCCc1ccc(NCc2ccccc2N)cc1. The van der Waals surface area contributed by atoms with Gasteiger partial charge in [0.1, 0.15) is 0 Å². The van der Waals surface area contributed by atoms with E-state index in [9.17, 15) is 0 Å². The van der Waals surface area contributed by atoms with Crippen LogP contribution in [-0.4, -0.2) is 0 Å². The van der Waals surface area contributed by atoms with Crippen molar-refractivity contribution in [3.8, 4) is 0 Å². The van der Waals surface area contributed by atoms with Gasteiger partial charge < -0.3 is 11.1 Å².